The van der Waals surface area contributed by atoms with Crippen molar-refractivity contribution in [2.24, 2.45) is 5.92 Å². The molecule has 0 bridgehead atoms. The summed E-state index contributed by atoms with van der Waals surface area (Å²) in [6.45, 7) is 6.63. The van der Waals surface area contributed by atoms with Crippen LogP contribution in [0.4, 0.5) is 0 Å². The number of phenolic OH excluding ortho intramolecular Hbond substituents is 1. The predicted molar refractivity (Wildman–Crippen MR) is 140 cm³/mol. The summed E-state index contributed by atoms with van der Waals surface area (Å²) in [5, 5.41) is 15.8. The molecule has 1 amide bonds. The van der Waals surface area contributed by atoms with Crippen LogP contribution in [0.3, 0.4) is 0 Å². The zero-order valence-electron chi connectivity index (χ0n) is 20.3. The van der Waals surface area contributed by atoms with Gasteiger partial charge in [0.1, 0.15) is 5.75 Å². The monoisotopic (exact) mass is 470 g/mol. The zero-order chi connectivity index (χ0) is 24.4. The lowest BCUT2D eigenvalue weighted by molar-refractivity contribution is -0.0653. The number of nitrogens with one attached hydrogen (secondary N) is 1. The second-order valence-corrected chi connectivity index (χ2v) is 10.1. The van der Waals surface area contributed by atoms with Crippen LogP contribution < -0.4 is 5.32 Å². The first-order valence-electron chi connectivity index (χ1n) is 12.5. The Hall–Kier alpha value is -3.15. The molecule has 3 aromatic carbocycles. The van der Waals surface area contributed by atoms with Gasteiger partial charge in [0.25, 0.3) is 5.91 Å². The molecule has 5 heteroatoms. The lowest BCUT2D eigenvalue weighted by Crippen LogP contribution is -2.61. The number of ether oxygens (including phenoxy) is 1. The van der Waals surface area contributed by atoms with Gasteiger partial charge in [-0.3, -0.25) is 9.69 Å². The van der Waals surface area contributed by atoms with Gasteiger partial charge in [-0.25, -0.2) is 0 Å². The standard InChI is InChI=1S/C30H34N2O3/c1-3-14-32-15-13-30(24-9-6-10-26(33)17-24)19-25(18-28(35-2)27(30)20-32)31-29(34)23-12-11-21-7-4-5-8-22(21)16-23/h3-12,16-17,25,27-28,33H,1,13-15,18-20H2,2H3,(H,31,34)/t25-,27-,28?,30-/m0/s1. The van der Waals surface area contributed by atoms with Gasteiger partial charge in [0, 0.05) is 43.1 Å². The number of hydrogen-bond donors (Lipinski definition) is 2. The van der Waals surface area contributed by atoms with E-state index in [1.165, 1.54) is 0 Å². The van der Waals surface area contributed by atoms with Crippen LogP contribution in [0.1, 0.15) is 35.2 Å². The first kappa shape index (κ1) is 23.6. The zero-order valence-corrected chi connectivity index (χ0v) is 20.3. The number of amides is 1. The normalized spacial score (nSPS) is 26.7. The second-order valence-electron chi connectivity index (χ2n) is 10.1. The number of carbonyl (C=O) groups is 1. The van der Waals surface area contributed by atoms with Crippen LogP contribution in [-0.2, 0) is 10.2 Å². The molecule has 1 heterocycles. The average Bonchev–Trinajstić information content (AvgIpc) is 2.88. The highest BCUT2D eigenvalue weighted by atomic mass is 16.5. The highest BCUT2D eigenvalue weighted by Crippen LogP contribution is 2.50. The second kappa shape index (κ2) is 9.84. The number of aromatic hydroxyl groups is 1. The van der Waals surface area contributed by atoms with Gasteiger partial charge in [0.15, 0.2) is 0 Å². The van der Waals surface area contributed by atoms with Crippen LogP contribution in [0, 0.1) is 5.92 Å². The van der Waals surface area contributed by atoms with Gasteiger partial charge in [-0.05, 0) is 66.4 Å². The Morgan fingerprint density at radius 1 is 1.17 bits per heavy atom. The van der Waals surface area contributed by atoms with Crippen molar-refractivity contribution in [3.63, 3.8) is 0 Å². The summed E-state index contributed by atoms with van der Waals surface area (Å²) >= 11 is 0. The van der Waals surface area contributed by atoms with E-state index in [-0.39, 0.29) is 35.1 Å². The molecule has 5 nitrogen and oxygen atoms in total. The summed E-state index contributed by atoms with van der Waals surface area (Å²) in [7, 11) is 1.78. The van der Waals surface area contributed by atoms with Gasteiger partial charge < -0.3 is 15.2 Å². The number of benzene rings is 3. The topological polar surface area (TPSA) is 61.8 Å². The molecule has 3 aromatic rings. The maximum Gasteiger partial charge on any atom is 0.251 e. The smallest absolute Gasteiger partial charge is 0.251 e. The number of nitrogens with zero attached hydrogens (tertiary/aromatic N) is 1. The number of rotatable bonds is 6. The van der Waals surface area contributed by atoms with E-state index in [4.69, 9.17) is 4.74 Å². The summed E-state index contributed by atoms with van der Waals surface area (Å²) < 4.78 is 6.07. The van der Waals surface area contributed by atoms with Gasteiger partial charge in [0.2, 0.25) is 0 Å². The van der Waals surface area contributed by atoms with Crippen molar-refractivity contribution in [3.8, 4) is 5.75 Å². The van der Waals surface area contributed by atoms with E-state index >= 15 is 0 Å². The van der Waals surface area contributed by atoms with Crippen molar-refractivity contribution in [2.45, 2.75) is 36.8 Å². The van der Waals surface area contributed by atoms with Gasteiger partial charge in [0.05, 0.1) is 6.10 Å². The Balaban J connectivity index is 1.45. The molecule has 1 aliphatic heterocycles. The Morgan fingerprint density at radius 2 is 2.00 bits per heavy atom. The van der Waals surface area contributed by atoms with Crippen molar-refractivity contribution < 1.29 is 14.6 Å². The Kier molecular flexibility index (Phi) is 6.63. The van der Waals surface area contributed by atoms with E-state index in [1.54, 1.807) is 13.2 Å². The van der Waals surface area contributed by atoms with Gasteiger partial charge >= 0.3 is 0 Å². The van der Waals surface area contributed by atoms with Crippen molar-refractivity contribution in [2.75, 3.05) is 26.7 Å². The molecule has 0 aromatic heterocycles. The number of piperidine rings is 1. The largest absolute Gasteiger partial charge is 0.508 e. The summed E-state index contributed by atoms with van der Waals surface area (Å²) in [5.41, 5.74) is 1.62. The maximum atomic E-state index is 13.3. The van der Waals surface area contributed by atoms with E-state index in [1.807, 2.05) is 54.6 Å². The first-order chi connectivity index (χ1) is 17.0. The number of carbonyl (C=O) groups excluding carboxylic acids is 1. The van der Waals surface area contributed by atoms with Crippen LogP contribution >= 0.6 is 0 Å². The molecular weight excluding hydrogens is 436 g/mol. The fraction of sp³-hybridized carbons (Fsp3) is 0.367. The third-order valence-corrected chi connectivity index (χ3v) is 8.07. The fourth-order valence-corrected chi connectivity index (χ4v) is 6.39. The Bertz CT molecular complexity index is 1220. The van der Waals surface area contributed by atoms with Crippen LogP contribution in [-0.4, -0.2) is 54.8 Å². The summed E-state index contributed by atoms with van der Waals surface area (Å²) in [4.78, 5) is 15.8. The van der Waals surface area contributed by atoms with Crippen LogP contribution in [0.5, 0.6) is 5.75 Å². The van der Waals surface area contributed by atoms with E-state index < -0.39 is 0 Å². The SMILES string of the molecule is C=CCN1CC[C@@]2(c3cccc(O)c3)C[C@@H](NC(=O)c3ccc4ccccc4c3)CC(OC)[C@@H]2C1. The minimum absolute atomic E-state index is 0.000572. The van der Waals surface area contributed by atoms with Crippen LogP contribution in [0.25, 0.3) is 10.8 Å². The molecule has 182 valence electrons. The minimum Gasteiger partial charge on any atom is -0.508 e. The molecule has 0 radical (unpaired) electrons. The molecule has 35 heavy (non-hydrogen) atoms. The van der Waals surface area contributed by atoms with E-state index in [2.05, 4.69) is 28.9 Å². The molecule has 2 fully saturated rings. The van der Waals surface area contributed by atoms with E-state index in [9.17, 15) is 9.90 Å². The molecule has 4 atom stereocenters. The van der Waals surface area contributed by atoms with Crippen molar-refractivity contribution in [1.29, 1.82) is 0 Å². The number of methoxy groups -OCH3 is 1. The van der Waals surface area contributed by atoms with E-state index in [0.717, 1.165) is 55.2 Å². The predicted octanol–water partition coefficient (Wildman–Crippen LogP) is 4.90. The molecule has 0 spiro atoms. The summed E-state index contributed by atoms with van der Waals surface area (Å²) in [5.74, 6) is 0.487. The van der Waals surface area contributed by atoms with Gasteiger partial charge in [-0.2, -0.15) is 0 Å². The number of hydrogen-bond acceptors (Lipinski definition) is 4. The van der Waals surface area contributed by atoms with E-state index in [0.29, 0.717) is 5.56 Å². The fourth-order valence-electron chi connectivity index (χ4n) is 6.39. The number of likely N-dealkylation sites (tertiary alicyclic amines) is 1. The minimum atomic E-state index is -0.184. The third-order valence-electron chi connectivity index (χ3n) is 8.07. The van der Waals surface area contributed by atoms with Crippen LogP contribution in [0.15, 0.2) is 79.4 Å². The molecule has 5 rings (SSSR count). The molecule has 2 aliphatic rings. The number of phenols is 1. The highest BCUT2D eigenvalue weighted by molar-refractivity contribution is 5.98. The van der Waals surface area contributed by atoms with Crippen LogP contribution in [0.2, 0.25) is 0 Å². The molecule has 2 N–H and O–H groups in total. The summed E-state index contributed by atoms with van der Waals surface area (Å²) in [6, 6.07) is 21.6. The van der Waals surface area contributed by atoms with Crippen molar-refractivity contribution in [1.82, 2.24) is 10.2 Å². The van der Waals surface area contributed by atoms with Crippen molar-refractivity contribution in [3.05, 3.63) is 90.5 Å². The third kappa shape index (κ3) is 4.58. The molecule has 1 saturated heterocycles. The quantitative estimate of drug-likeness (QED) is 0.503. The highest BCUT2D eigenvalue weighted by Gasteiger charge is 2.52. The Morgan fingerprint density at radius 3 is 2.77 bits per heavy atom. The molecule has 1 aliphatic carbocycles. The lowest BCUT2D eigenvalue weighted by atomic mass is 9.57. The molecular formula is C30H34N2O3. The summed E-state index contributed by atoms with van der Waals surface area (Å²) in [6.07, 6.45) is 4.49. The Labute approximate surface area is 207 Å². The molecule has 1 saturated carbocycles. The first-order valence-corrected chi connectivity index (χ1v) is 12.5. The van der Waals surface area contributed by atoms with Gasteiger partial charge in [-0.15, -0.1) is 6.58 Å². The molecule has 1 unspecified atom stereocenters. The van der Waals surface area contributed by atoms with Crippen molar-refractivity contribution >= 4 is 16.7 Å². The number of fused-ring (bicyclic) bond motifs is 2. The lowest BCUT2D eigenvalue weighted by Gasteiger charge is -2.55. The van der Waals surface area contributed by atoms with Gasteiger partial charge in [-0.1, -0.05) is 48.5 Å². The average molecular weight is 471 g/mol. The maximum absolute atomic E-state index is 13.3.